The third-order valence-corrected chi connectivity index (χ3v) is 5.98. The maximum Gasteiger partial charge on any atom is 0.409 e. The molecule has 1 aliphatic heterocycles. The Kier molecular flexibility index (Phi) is 7.79. The van der Waals surface area contributed by atoms with Gasteiger partial charge in [-0.15, -0.1) is 0 Å². The zero-order valence-electron chi connectivity index (χ0n) is 19.8. The highest BCUT2D eigenvalue weighted by molar-refractivity contribution is 6.00. The van der Waals surface area contributed by atoms with Gasteiger partial charge in [0, 0.05) is 25.4 Å². The first kappa shape index (κ1) is 24.7. The molecule has 36 heavy (non-hydrogen) atoms. The number of hydrogen-bond acceptors (Lipinski definition) is 6. The van der Waals surface area contributed by atoms with E-state index in [2.05, 4.69) is 10.3 Å². The average molecular weight is 490 g/mol. The van der Waals surface area contributed by atoms with E-state index < -0.39 is 5.97 Å². The van der Waals surface area contributed by atoms with Crippen LogP contribution in [0.2, 0.25) is 0 Å². The number of aromatic nitrogens is 1. The quantitative estimate of drug-likeness (QED) is 0.482. The van der Waals surface area contributed by atoms with Gasteiger partial charge in [-0.1, -0.05) is 30.3 Å². The molecule has 186 valence electrons. The van der Waals surface area contributed by atoms with Gasteiger partial charge in [0.25, 0.3) is 0 Å². The van der Waals surface area contributed by atoms with Crippen LogP contribution in [0.4, 0.5) is 10.5 Å². The number of para-hydroxylation sites is 1. The van der Waals surface area contributed by atoms with E-state index in [1.807, 2.05) is 24.3 Å². The summed E-state index contributed by atoms with van der Waals surface area (Å²) in [5, 5.41) is 11.9. The van der Waals surface area contributed by atoms with E-state index in [9.17, 15) is 19.5 Å². The summed E-state index contributed by atoms with van der Waals surface area (Å²) >= 11 is 0. The zero-order valence-corrected chi connectivity index (χ0v) is 19.8. The molecule has 0 unspecified atom stereocenters. The Morgan fingerprint density at radius 3 is 2.50 bits per heavy atom. The first-order valence-electron chi connectivity index (χ1n) is 11.6. The fraction of sp³-hybridized carbons (Fsp3) is 0.259. The molecule has 2 amide bonds. The number of carboxylic acids is 1. The predicted octanol–water partition coefficient (Wildman–Crippen LogP) is 4.38. The van der Waals surface area contributed by atoms with Gasteiger partial charge in [0.2, 0.25) is 11.8 Å². The van der Waals surface area contributed by atoms with E-state index in [0.29, 0.717) is 29.7 Å². The second-order valence-electron chi connectivity index (χ2n) is 8.60. The summed E-state index contributed by atoms with van der Waals surface area (Å²) < 4.78 is 10.6. The minimum atomic E-state index is -1.11. The number of carbonyl (C=O) groups is 3. The van der Waals surface area contributed by atoms with Crippen molar-refractivity contribution in [2.75, 3.05) is 25.5 Å². The van der Waals surface area contributed by atoms with Gasteiger partial charge in [0.05, 0.1) is 24.8 Å². The predicted molar refractivity (Wildman–Crippen MR) is 132 cm³/mol. The van der Waals surface area contributed by atoms with Crippen molar-refractivity contribution in [3.8, 4) is 11.6 Å². The van der Waals surface area contributed by atoms with Gasteiger partial charge in [-0.25, -0.2) is 14.6 Å². The molecular weight excluding hydrogens is 462 g/mol. The van der Waals surface area contributed by atoms with Crippen LogP contribution in [-0.2, 0) is 22.4 Å². The number of hydrogen-bond donors (Lipinski definition) is 2. The van der Waals surface area contributed by atoms with Gasteiger partial charge < -0.3 is 24.8 Å². The largest absolute Gasteiger partial charge is 0.478 e. The third kappa shape index (κ3) is 6.38. The Bertz CT molecular complexity index is 1230. The molecule has 0 aliphatic carbocycles. The molecule has 9 heteroatoms. The van der Waals surface area contributed by atoms with Crippen molar-refractivity contribution in [3.05, 3.63) is 83.6 Å². The summed E-state index contributed by atoms with van der Waals surface area (Å²) in [7, 11) is 1.40. The van der Waals surface area contributed by atoms with Crippen molar-refractivity contribution in [1.82, 2.24) is 9.88 Å². The van der Waals surface area contributed by atoms with Crippen LogP contribution in [0.3, 0.4) is 0 Å². The maximum absolute atomic E-state index is 12.4. The Hall–Kier alpha value is -4.40. The van der Waals surface area contributed by atoms with Crippen LogP contribution in [0.1, 0.15) is 27.9 Å². The SMILES string of the molecule is COC(=O)N1CC[C@H](Cc2ccc(Oc3ccc(CC(=O)Nc4ccccc4C(=O)O)cn3)cc2)C1. The summed E-state index contributed by atoms with van der Waals surface area (Å²) in [6, 6.07) is 17.4. The Morgan fingerprint density at radius 2 is 1.81 bits per heavy atom. The van der Waals surface area contributed by atoms with Gasteiger partial charge in [0.15, 0.2) is 0 Å². The monoisotopic (exact) mass is 489 g/mol. The molecule has 1 fully saturated rings. The van der Waals surface area contributed by atoms with Crippen LogP contribution in [-0.4, -0.2) is 53.2 Å². The lowest BCUT2D eigenvalue weighted by Gasteiger charge is -2.14. The summed E-state index contributed by atoms with van der Waals surface area (Å²) in [6.45, 7) is 1.42. The normalized spacial score (nSPS) is 14.8. The smallest absolute Gasteiger partial charge is 0.409 e. The van der Waals surface area contributed by atoms with Gasteiger partial charge in [0.1, 0.15) is 5.75 Å². The Balaban J connectivity index is 1.28. The molecule has 3 aromatic rings. The van der Waals surface area contributed by atoms with E-state index in [1.54, 1.807) is 41.4 Å². The number of amides is 2. The van der Waals surface area contributed by atoms with Crippen molar-refractivity contribution >= 4 is 23.7 Å². The van der Waals surface area contributed by atoms with Crippen molar-refractivity contribution in [3.63, 3.8) is 0 Å². The van der Waals surface area contributed by atoms with E-state index in [-0.39, 0.29) is 29.7 Å². The number of carbonyl (C=O) groups excluding carboxylic acids is 2. The number of rotatable bonds is 8. The van der Waals surface area contributed by atoms with E-state index in [1.165, 1.54) is 13.2 Å². The molecule has 1 aromatic heterocycles. The van der Waals surface area contributed by atoms with Crippen LogP contribution in [0.25, 0.3) is 0 Å². The number of benzene rings is 2. The van der Waals surface area contributed by atoms with Crippen LogP contribution in [0.15, 0.2) is 66.9 Å². The number of methoxy groups -OCH3 is 1. The first-order chi connectivity index (χ1) is 17.4. The minimum absolute atomic E-state index is 0.0325. The third-order valence-electron chi connectivity index (χ3n) is 5.98. The number of pyridine rings is 1. The molecule has 1 aliphatic rings. The fourth-order valence-electron chi connectivity index (χ4n) is 4.18. The number of ether oxygens (including phenoxy) is 2. The van der Waals surface area contributed by atoms with Crippen molar-refractivity contribution < 1.29 is 29.0 Å². The summed E-state index contributed by atoms with van der Waals surface area (Å²) in [6.07, 6.45) is 3.15. The summed E-state index contributed by atoms with van der Waals surface area (Å²) in [5.41, 5.74) is 2.11. The molecule has 2 N–H and O–H groups in total. The molecule has 2 heterocycles. The molecule has 0 radical (unpaired) electrons. The highest BCUT2D eigenvalue weighted by Gasteiger charge is 2.26. The number of nitrogens with zero attached hydrogens (tertiary/aromatic N) is 2. The molecule has 9 nitrogen and oxygen atoms in total. The molecule has 1 saturated heterocycles. The molecule has 1 atom stereocenters. The van der Waals surface area contributed by atoms with Crippen molar-refractivity contribution in [1.29, 1.82) is 0 Å². The number of anilines is 1. The molecular formula is C27H27N3O6. The average Bonchev–Trinajstić information content (AvgIpc) is 3.34. The van der Waals surface area contributed by atoms with Gasteiger partial charge >= 0.3 is 12.1 Å². The highest BCUT2D eigenvalue weighted by Crippen LogP contribution is 2.25. The van der Waals surface area contributed by atoms with E-state index >= 15 is 0 Å². The Morgan fingerprint density at radius 1 is 1.06 bits per heavy atom. The van der Waals surface area contributed by atoms with Crippen molar-refractivity contribution in [2.24, 2.45) is 5.92 Å². The van der Waals surface area contributed by atoms with Gasteiger partial charge in [-0.05, 0) is 54.2 Å². The molecule has 0 spiro atoms. The molecule has 2 aromatic carbocycles. The Labute approximate surface area is 208 Å². The summed E-state index contributed by atoms with van der Waals surface area (Å²) in [5.74, 6) is -0.00488. The van der Waals surface area contributed by atoms with Crippen LogP contribution < -0.4 is 10.1 Å². The number of carboxylic acid groups (broad SMARTS) is 1. The highest BCUT2D eigenvalue weighted by atomic mass is 16.5. The standard InChI is InChI=1S/C27H27N3O6/c1-35-27(34)30-13-12-20(17-30)14-18-6-9-21(10-7-18)36-25-11-8-19(16-28-25)15-24(31)29-23-5-3-2-4-22(23)26(32)33/h2-11,16,20H,12-15,17H2,1H3,(H,29,31)(H,32,33)/t20-/m1/s1. The molecule has 0 saturated carbocycles. The second-order valence-corrected chi connectivity index (χ2v) is 8.60. The number of nitrogens with one attached hydrogen (secondary N) is 1. The van der Waals surface area contributed by atoms with E-state index in [0.717, 1.165) is 24.9 Å². The summed E-state index contributed by atoms with van der Waals surface area (Å²) in [4.78, 5) is 41.3. The van der Waals surface area contributed by atoms with Crippen LogP contribution in [0, 0.1) is 5.92 Å². The van der Waals surface area contributed by atoms with Gasteiger partial charge in [-0.3, -0.25) is 4.79 Å². The lowest BCUT2D eigenvalue weighted by Crippen LogP contribution is -2.28. The van der Waals surface area contributed by atoms with Crippen LogP contribution >= 0.6 is 0 Å². The zero-order chi connectivity index (χ0) is 25.5. The topological polar surface area (TPSA) is 118 Å². The van der Waals surface area contributed by atoms with E-state index in [4.69, 9.17) is 9.47 Å². The lowest BCUT2D eigenvalue weighted by atomic mass is 9.99. The molecule has 0 bridgehead atoms. The van der Waals surface area contributed by atoms with Crippen molar-refractivity contribution in [2.45, 2.75) is 19.3 Å². The maximum atomic E-state index is 12.4. The first-order valence-corrected chi connectivity index (χ1v) is 11.6. The minimum Gasteiger partial charge on any atom is -0.478 e. The second kappa shape index (κ2) is 11.4. The van der Waals surface area contributed by atoms with Crippen LogP contribution in [0.5, 0.6) is 11.6 Å². The fourth-order valence-corrected chi connectivity index (χ4v) is 4.18. The number of likely N-dealkylation sites (tertiary alicyclic amines) is 1. The van der Waals surface area contributed by atoms with Gasteiger partial charge in [-0.2, -0.15) is 0 Å². The molecule has 4 rings (SSSR count). The lowest BCUT2D eigenvalue weighted by molar-refractivity contribution is -0.115. The number of aromatic carboxylic acids is 1.